The van der Waals surface area contributed by atoms with E-state index in [1.807, 2.05) is 0 Å². The second-order valence-corrected chi connectivity index (χ2v) is 10.4. The molecule has 33 heavy (non-hydrogen) atoms. The van der Waals surface area contributed by atoms with Gasteiger partial charge in [-0.05, 0) is 0 Å². The number of amides is 1. The van der Waals surface area contributed by atoms with Crippen LogP contribution in [0.2, 0.25) is 0 Å². The molecular formula is C6H13NO21S5. The van der Waals surface area contributed by atoms with E-state index in [-0.39, 0.29) is 0 Å². The van der Waals surface area contributed by atoms with E-state index in [0.717, 1.165) is 0 Å². The highest BCUT2D eigenvalue weighted by Gasteiger charge is 2.48. The van der Waals surface area contributed by atoms with Gasteiger partial charge in [0.1, 0.15) is 18.3 Å². The van der Waals surface area contributed by atoms with Crippen LogP contribution >= 0.6 is 0 Å². The van der Waals surface area contributed by atoms with Gasteiger partial charge in [-0.1, -0.05) is 0 Å². The van der Waals surface area contributed by atoms with Crippen molar-refractivity contribution >= 4 is 57.9 Å². The lowest BCUT2D eigenvalue weighted by Crippen LogP contribution is -2.56. The first-order valence-electron chi connectivity index (χ1n) is 6.83. The number of rotatable bonds is 15. The second-order valence-electron chi connectivity index (χ2n) is 5.10. The summed E-state index contributed by atoms with van der Waals surface area (Å²) in [5.74, 6) is -2.19. The Labute approximate surface area is 185 Å². The molecule has 0 aliphatic carbocycles. The van der Waals surface area contributed by atoms with Crippen LogP contribution in [0.4, 0.5) is 0 Å². The number of hydrogen-bond donors (Lipinski definition) is 6. The molecule has 0 saturated heterocycles. The van der Waals surface area contributed by atoms with Gasteiger partial charge >= 0.3 is 52.0 Å². The van der Waals surface area contributed by atoms with Crippen LogP contribution in [-0.2, 0) is 77.7 Å². The largest absolute Gasteiger partial charge is 0.398 e. The zero-order chi connectivity index (χ0) is 26.6. The van der Waals surface area contributed by atoms with Crippen LogP contribution in [0.5, 0.6) is 0 Å². The van der Waals surface area contributed by atoms with E-state index < -0.39 is 88.9 Å². The maximum absolute atomic E-state index is 11.5. The Hall–Kier alpha value is -1.18. The van der Waals surface area contributed by atoms with E-state index in [4.69, 9.17) is 28.5 Å². The zero-order valence-electron chi connectivity index (χ0n) is 14.9. The van der Waals surface area contributed by atoms with Gasteiger partial charge in [0.25, 0.3) is 5.91 Å². The highest BCUT2D eigenvalue weighted by Crippen LogP contribution is 2.23. The first kappa shape index (κ1) is 31.8. The van der Waals surface area contributed by atoms with Crippen LogP contribution in [0.15, 0.2) is 0 Å². The molecule has 0 aliphatic rings. The average Bonchev–Trinajstić information content (AvgIpc) is 2.48. The standard InChI is InChI=1S/C6H13NO21S5/c7-6(8)5(28-33(21,22)23)4(27-32(18,19)20)3(26-31(15,16)17)2(25-30(12,13)14)1-24-29(9,10)11/h2-5H,1H2,(H2,7,8)(H,9,10,11)(H,12,13,14)(H,15,16,17)(H,18,19,20)(H,21,22,23)/t2-,3-,4+,5+/m0/s1. The van der Waals surface area contributed by atoms with Crippen molar-refractivity contribution < 1.29 is 90.6 Å². The van der Waals surface area contributed by atoms with Crippen molar-refractivity contribution in [3.63, 3.8) is 0 Å². The molecule has 0 unspecified atom stereocenters. The third-order valence-corrected chi connectivity index (χ3v) is 4.89. The summed E-state index contributed by atoms with van der Waals surface area (Å²) in [6.45, 7) is -2.00. The minimum Gasteiger partial charge on any atom is -0.367 e. The molecule has 0 aromatic rings. The molecule has 0 aromatic carbocycles. The summed E-state index contributed by atoms with van der Waals surface area (Å²) in [4.78, 5) is 11.5. The fraction of sp³-hybridized carbons (Fsp3) is 0.833. The quantitative estimate of drug-likeness (QED) is 0.0965. The van der Waals surface area contributed by atoms with Crippen molar-refractivity contribution in [2.45, 2.75) is 24.4 Å². The molecule has 0 saturated carbocycles. The number of carbonyl (C=O) groups is 1. The van der Waals surface area contributed by atoms with Crippen LogP contribution in [0.25, 0.3) is 0 Å². The second kappa shape index (κ2) is 11.0. The molecule has 0 fully saturated rings. The fourth-order valence-corrected chi connectivity index (χ4v) is 4.02. The molecule has 0 aliphatic heterocycles. The summed E-state index contributed by atoms with van der Waals surface area (Å²) >= 11 is 0. The Morgan fingerprint density at radius 3 is 1.27 bits per heavy atom. The van der Waals surface area contributed by atoms with Crippen molar-refractivity contribution in [3.05, 3.63) is 0 Å². The van der Waals surface area contributed by atoms with Crippen LogP contribution in [0.1, 0.15) is 0 Å². The van der Waals surface area contributed by atoms with Gasteiger partial charge < -0.3 is 5.73 Å². The zero-order valence-corrected chi connectivity index (χ0v) is 19.0. The van der Waals surface area contributed by atoms with Gasteiger partial charge in [-0.25, -0.2) is 20.9 Å². The van der Waals surface area contributed by atoms with Gasteiger partial charge in [0.05, 0.1) is 6.61 Å². The molecule has 1 amide bonds. The average molecular weight is 595 g/mol. The van der Waals surface area contributed by atoms with Crippen molar-refractivity contribution in [1.82, 2.24) is 0 Å². The highest BCUT2D eigenvalue weighted by molar-refractivity contribution is 7.82. The SMILES string of the molecule is NC(=O)[C@H](OS(=O)(=O)O)[C@H](OS(=O)(=O)O)[C@@H](OS(=O)(=O)O)[C@H](COS(=O)(=O)O)OS(=O)(=O)O. The third-order valence-electron chi connectivity index (χ3n) is 2.59. The van der Waals surface area contributed by atoms with E-state index in [1.165, 1.54) is 0 Å². The number of primary amides is 1. The summed E-state index contributed by atoms with van der Waals surface area (Å²) in [7, 11) is -29.2. The summed E-state index contributed by atoms with van der Waals surface area (Å²) in [6, 6.07) is 0. The first-order chi connectivity index (χ1) is 14.3. The van der Waals surface area contributed by atoms with Crippen molar-refractivity contribution in [2.75, 3.05) is 6.61 Å². The lowest BCUT2D eigenvalue weighted by Gasteiger charge is -2.32. The minimum atomic E-state index is -5.98. The Bertz CT molecular complexity index is 1230. The lowest BCUT2D eigenvalue weighted by atomic mass is 10.0. The summed E-state index contributed by atoms with van der Waals surface area (Å²) in [5, 5.41) is 0. The maximum Gasteiger partial charge on any atom is 0.398 e. The van der Waals surface area contributed by atoms with Crippen LogP contribution < -0.4 is 5.73 Å². The van der Waals surface area contributed by atoms with Gasteiger partial charge in [0.2, 0.25) is 0 Å². The van der Waals surface area contributed by atoms with E-state index in [1.54, 1.807) is 0 Å². The van der Waals surface area contributed by atoms with Gasteiger partial charge in [-0.15, -0.1) is 0 Å². The molecule has 4 atom stereocenters. The van der Waals surface area contributed by atoms with E-state index >= 15 is 0 Å². The minimum absolute atomic E-state index is 2.00. The van der Waals surface area contributed by atoms with Crippen molar-refractivity contribution in [2.24, 2.45) is 5.73 Å². The monoisotopic (exact) mass is 595 g/mol. The molecule has 0 aromatic heterocycles. The van der Waals surface area contributed by atoms with Crippen molar-refractivity contribution in [3.8, 4) is 0 Å². The van der Waals surface area contributed by atoms with Gasteiger partial charge in [-0.2, -0.15) is 42.1 Å². The molecule has 0 radical (unpaired) electrons. The van der Waals surface area contributed by atoms with Crippen LogP contribution in [-0.4, -0.2) is 102 Å². The van der Waals surface area contributed by atoms with E-state index in [2.05, 4.69) is 20.9 Å². The molecule has 0 bridgehead atoms. The Balaban J connectivity index is 7.00. The van der Waals surface area contributed by atoms with E-state index in [0.29, 0.717) is 0 Å². The number of carbonyl (C=O) groups excluding carboxylic acids is 1. The highest BCUT2D eigenvalue weighted by atomic mass is 32.3. The van der Waals surface area contributed by atoms with Crippen molar-refractivity contribution in [1.29, 1.82) is 0 Å². The third kappa shape index (κ3) is 15.4. The Morgan fingerprint density at radius 2 is 0.970 bits per heavy atom. The number of hydrogen-bond acceptors (Lipinski definition) is 16. The smallest absolute Gasteiger partial charge is 0.367 e. The summed E-state index contributed by atoms with van der Waals surface area (Å²) in [6.07, 6.45) is -13.2. The molecule has 7 N–H and O–H groups in total. The first-order valence-corrected chi connectivity index (χ1v) is 13.7. The van der Waals surface area contributed by atoms with Crippen LogP contribution in [0.3, 0.4) is 0 Å². The predicted molar refractivity (Wildman–Crippen MR) is 92.4 cm³/mol. The molecular weight excluding hydrogens is 582 g/mol. The molecule has 0 heterocycles. The van der Waals surface area contributed by atoms with Gasteiger partial charge in [-0.3, -0.25) is 27.6 Å². The number of nitrogens with two attached hydrogens (primary N) is 1. The Kier molecular flexibility index (Phi) is 10.6. The van der Waals surface area contributed by atoms with Gasteiger partial charge in [0.15, 0.2) is 6.10 Å². The lowest BCUT2D eigenvalue weighted by molar-refractivity contribution is -0.136. The van der Waals surface area contributed by atoms with E-state index in [9.17, 15) is 46.9 Å². The fourth-order valence-electron chi connectivity index (χ4n) is 1.77. The molecule has 0 rings (SSSR count). The summed E-state index contributed by atoms with van der Waals surface area (Å²) < 4.78 is 172. The maximum atomic E-state index is 11.5. The summed E-state index contributed by atoms with van der Waals surface area (Å²) in [5.41, 5.74) is 4.70. The molecule has 22 nitrogen and oxygen atoms in total. The normalized spacial score (nSPS) is 17.7. The van der Waals surface area contributed by atoms with Crippen LogP contribution in [0, 0.1) is 0 Å². The predicted octanol–water partition coefficient (Wildman–Crippen LogP) is -4.96. The molecule has 0 spiro atoms. The molecule has 198 valence electrons. The topological polar surface area (TPSA) is 361 Å². The van der Waals surface area contributed by atoms with Gasteiger partial charge in [0, 0.05) is 0 Å². The molecule has 27 heteroatoms. The Morgan fingerprint density at radius 1 is 0.606 bits per heavy atom.